The van der Waals surface area contributed by atoms with Crippen LogP contribution in [0.2, 0.25) is 0 Å². The maximum atomic E-state index is 12.4. The molecule has 1 aliphatic heterocycles. The molecule has 1 aromatic carbocycles. The van der Waals surface area contributed by atoms with Gasteiger partial charge in [0.2, 0.25) is 0 Å². The van der Waals surface area contributed by atoms with Gasteiger partial charge < -0.3 is 0 Å². The number of ketones is 1. The van der Waals surface area contributed by atoms with Gasteiger partial charge in [0, 0.05) is 6.42 Å². The smallest absolute Gasteiger partial charge is 0.183 e. The molecule has 1 aliphatic rings. The van der Waals surface area contributed by atoms with Crippen molar-refractivity contribution in [2.45, 2.75) is 12.8 Å². The third-order valence-electron chi connectivity index (χ3n) is 3.64. The summed E-state index contributed by atoms with van der Waals surface area (Å²) < 4.78 is 24.4. The third-order valence-corrected chi connectivity index (χ3v) is 5.47. The number of carbonyl (C=O) groups excluding carboxylic acids is 1. The van der Waals surface area contributed by atoms with Gasteiger partial charge in [-0.2, -0.15) is 0 Å². The van der Waals surface area contributed by atoms with Gasteiger partial charge in [0.15, 0.2) is 15.6 Å². The minimum Gasteiger partial charge on any atom is -0.292 e. The fourth-order valence-corrected chi connectivity index (χ4v) is 4.45. The van der Waals surface area contributed by atoms with E-state index < -0.39 is 9.84 Å². The van der Waals surface area contributed by atoms with E-state index in [1.165, 1.54) is 10.9 Å². The van der Waals surface area contributed by atoms with Crippen molar-refractivity contribution in [1.82, 2.24) is 15.0 Å². The third kappa shape index (κ3) is 3.02. The molecular weight excluding hydrogens is 290 g/mol. The van der Waals surface area contributed by atoms with Crippen LogP contribution in [0.1, 0.15) is 23.3 Å². The van der Waals surface area contributed by atoms with Crippen LogP contribution in [-0.4, -0.2) is 40.7 Å². The molecule has 2 heterocycles. The Bertz CT molecular complexity index is 753. The molecule has 1 unspecified atom stereocenters. The van der Waals surface area contributed by atoms with E-state index in [1.807, 2.05) is 30.3 Å². The second kappa shape index (κ2) is 5.40. The Morgan fingerprint density at radius 3 is 2.71 bits per heavy atom. The van der Waals surface area contributed by atoms with Crippen LogP contribution in [-0.2, 0) is 9.84 Å². The first-order valence-corrected chi connectivity index (χ1v) is 8.57. The lowest BCUT2D eigenvalue weighted by atomic mass is 10.0. The van der Waals surface area contributed by atoms with Crippen LogP contribution < -0.4 is 0 Å². The number of benzene rings is 1. The number of carbonyl (C=O) groups is 1. The lowest BCUT2D eigenvalue weighted by molar-refractivity contribution is 0.0958. The van der Waals surface area contributed by atoms with E-state index in [4.69, 9.17) is 0 Å². The van der Waals surface area contributed by atoms with E-state index in [0.29, 0.717) is 12.1 Å². The molecule has 0 aliphatic carbocycles. The van der Waals surface area contributed by atoms with Crippen molar-refractivity contribution in [2.75, 3.05) is 11.5 Å². The van der Waals surface area contributed by atoms with Gasteiger partial charge in [-0.25, -0.2) is 13.1 Å². The Morgan fingerprint density at radius 2 is 2.05 bits per heavy atom. The van der Waals surface area contributed by atoms with Crippen LogP contribution in [0.25, 0.3) is 5.69 Å². The number of hydrogen-bond donors (Lipinski definition) is 0. The molecule has 6 nitrogen and oxygen atoms in total. The molecule has 0 bridgehead atoms. The first-order chi connectivity index (χ1) is 10.1. The van der Waals surface area contributed by atoms with Crippen LogP contribution in [0, 0.1) is 5.92 Å². The first-order valence-electron chi connectivity index (χ1n) is 6.75. The number of nitrogens with zero attached hydrogens (tertiary/aromatic N) is 3. The summed E-state index contributed by atoms with van der Waals surface area (Å²) in [5.41, 5.74) is 1.16. The molecular formula is C14H15N3O3S. The number of hydrogen-bond acceptors (Lipinski definition) is 5. The summed E-state index contributed by atoms with van der Waals surface area (Å²) in [5, 5.41) is 7.73. The second-order valence-corrected chi connectivity index (χ2v) is 7.49. The molecule has 110 valence electrons. The van der Waals surface area contributed by atoms with Crippen molar-refractivity contribution in [3.63, 3.8) is 0 Å². The summed E-state index contributed by atoms with van der Waals surface area (Å²) in [5.74, 6) is 0.0693. The Labute approximate surface area is 122 Å². The Balaban J connectivity index is 1.79. The van der Waals surface area contributed by atoms with Crippen molar-refractivity contribution in [2.24, 2.45) is 5.92 Å². The van der Waals surface area contributed by atoms with Gasteiger partial charge in [0.25, 0.3) is 0 Å². The maximum Gasteiger partial charge on any atom is 0.183 e. The zero-order valence-corrected chi connectivity index (χ0v) is 12.2. The molecule has 1 fully saturated rings. The number of Topliss-reactive ketones (excluding diaryl/α,β-unsaturated/α-hetero) is 1. The molecule has 7 heteroatoms. The van der Waals surface area contributed by atoms with Crippen LogP contribution in [0.4, 0.5) is 0 Å². The normalized spacial score (nSPS) is 20.5. The van der Waals surface area contributed by atoms with Crippen LogP contribution in [0.15, 0.2) is 36.5 Å². The second-order valence-electron chi connectivity index (χ2n) is 5.26. The van der Waals surface area contributed by atoms with Crippen molar-refractivity contribution in [3.05, 3.63) is 42.2 Å². The number of para-hydroxylation sites is 1. The average Bonchev–Trinajstić information content (AvgIpc) is 3.06. The minimum absolute atomic E-state index is 0.0957. The lowest BCUT2D eigenvalue weighted by Gasteiger charge is -2.08. The molecule has 0 spiro atoms. The molecule has 21 heavy (non-hydrogen) atoms. The number of rotatable bonds is 4. The topological polar surface area (TPSA) is 81.9 Å². The number of sulfone groups is 1. The van der Waals surface area contributed by atoms with Crippen LogP contribution in [0.3, 0.4) is 0 Å². The summed E-state index contributed by atoms with van der Waals surface area (Å²) in [4.78, 5) is 12.4. The van der Waals surface area contributed by atoms with Gasteiger partial charge in [-0.05, 0) is 24.5 Å². The highest BCUT2D eigenvalue weighted by molar-refractivity contribution is 7.91. The van der Waals surface area contributed by atoms with Gasteiger partial charge in [0.1, 0.15) is 5.69 Å². The molecule has 0 radical (unpaired) electrons. The van der Waals surface area contributed by atoms with E-state index in [2.05, 4.69) is 10.3 Å². The molecule has 0 amide bonds. The highest BCUT2D eigenvalue weighted by atomic mass is 32.2. The molecule has 1 atom stereocenters. The SMILES string of the molecule is O=C(CC1CCS(=O)(=O)C1)c1cnnn1-c1ccccc1. The summed E-state index contributed by atoms with van der Waals surface area (Å²) in [6.07, 6.45) is 2.21. The molecule has 1 aromatic heterocycles. The predicted octanol–water partition coefficient (Wildman–Crippen LogP) is 1.27. The highest BCUT2D eigenvalue weighted by Crippen LogP contribution is 2.23. The standard InChI is InChI=1S/C14H15N3O3S/c18-14(8-11-6-7-21(19,20)10-11)13-9-15-16-17(13)12-4-2-1-3-5-12/h1-5,9,11H,6-8,10H2. The van der Waals surface area contributed by atoms with Crippen LogP contribution >= 0.6 is 0 Å². The molecule has 0 saturated carbocycles. The molecule has 1 saturated heterocycles. The lowest BCUT2D eigenvalue weighted by Crippen LogP contribution is -2.14. The van der Waals surface area contributed by atoms with Gasteiger partial charge in [-0.1, -0.05) is 23.4 Å². The predicted molar refractivity (Wildman–Crippen MR) is 77.1 cm³/mol. The molecule has 3 rings (SSSR count). The first kappa shape index (κ1) is 13.9. The monoisotopic (exact) mass is 305 g/mol. The summed E-state index contributed by atoms with van der Waals surface area (Å²) >= 11 is 0. The Hall–Kier alpha value is -2.02. The van der Waals surface area contributed by atoms with Gasteiger partial charge in [0.05, 0.1) is 23.4 Å². The van der Waals surface area contributed by atoms with Crippen molar-refractivity contribution < 1.29 is 13.2 Å². The van der Waals surface area contributed by atoms with E-state index in [1.54, 1.807) is 0 Å². The summed E-state index contributed by atoms with van der Waals surface area (Å²) in [6, 6.07) is 9.27. The minimum atomic E-state index is -2.96. The van der Waals surface area contributed by atoms with Gasteiger partial charge >= 0.3 is 0 Å². The fraction of sp³-hybridized carbons (Fsp3) is 0.357. The number of aromatic nitrogens is 3. The van der Waals surface area contributed by atoms with Gasteiger partial charge in [-0.3, -0.25) is 4.79 Å². The highest BCUT2D eigenvalue weighted by Gasteiger charge is 2.30. The zero-order chi connectivity index (χ0) is 14.9. The van der Waals surface area contributed by atoms with E-state index in [9.17, 15) is 13.2 Å². The van der Waals surface area contributed by atoms with Crippen molar-refractivity contribution in [3.8, 4) is 5.69 Å². The summed E-state index contributed by atoms with van der Waals surface area (Å²) in [6.45, 7) is 0. The largest absolute Gasteiger partial charge is 0.292 e. The maximum absolute atomic E-state index is 12.4. The molecule has 2 aromatic rings. The van der Waals surface area contributed by atoms with E-state index >= 15 is 0 Å². The Morgan fingerprint density at radius 1 is 1.29 bits per heavy atom. The quantitative estimate of drug-likeness (QED) is 0.795. The molecule has 0 N–H and O–H groups in total. The van der Waals surface area contributed by atoms with Crippen molar-refractivity contribution in [1.29, 1.82) is 0 Å². The summed E-state index contributed by atoms with van der Waals surface area (Å²) in [7, 11) is -2.96. The van der Waals surface area contributed by atoms with E-state index in [0.717, 1.165) is 5.69 Å². The Kier molecular flexibility index (Phi) is 3.59. The van der Waals surface area contributed by atoms with Crippen molar-refractivity contribution >= 4 is 15.6 Å². The van der Waals surface area contributed by atoms with Crippen LogP contribution in [0.5, 0.6) is 0 Å². The van der Waals surface area contributed by atoms with E-state index in [-0.39, 0.29) is 29.6 Å². The van der Waals surface area contributed by atoms with Gasteiger partial charge in [-0.15, -0.1) is 5.10 Å². The average molecular weight is 305 g/mol. The fourth-order valence-electron chi connectivity index (χ4n) is 2.58. The zero-order valence-electron chi connectivity index (χ0n) is 11.3.